The van der Waals surface area contributed by atoms with Crippen LogP contribution in [0.1, 0.15) is 21.6 Å². The first-order valence-electron chi connectivity index (χ1n) is 7.07. The zero-order valence-electron chi connectivity index (χ0n) is 12.0. The molecular weight excluding hydrogens is 276 g/mol. The fourth-order valence-electron chi connectivity index (χ4n) is 2.18. The number of carbonyl (C=O) groups excluding carboxylic acids is 1. The number of hydrogen-bond donors (Lipinski definition) is 1. The fourth-order valence-corrected chi connectivity index (χ4v) is 2.18. The molecule has 0 bridgehead atoms. The lowest BCUT2D eigenvalue weighted by molar-refractivity contribution is 0.0940. The number of rotatable bonds is 5. The molecule has 0 saturated heterocycles. The second-order valence-corrected chi connectivity index (χ2v) is 4.93. The molecule has 1 heterocycles. The van der Waals surface area contributed by atoms with Gasteiger partial charge in [-0.15, -0.1) is 5.10 Å². The van der Waals surface area contributed by atoms with Crippen LogP contribution in [0.15, 0.2) is 66.9 Å². The Morgan fingerprint density at radius 2 is 1.59 bits per heavy atom. The maximum Gasteiger partial charge on any atom is 0.271 e. The topological polar surface area (TPSA) is 59.8 Å². The van der Waals surface area contributed by atoms with Gasteiger partial charge < -0.3 is 5.32 Å². The minimum Gasteiger partial charge on any atom is -0.347 e. The van der Waals surface area contributed by atoms with Gasteiger partial charge in [0.25, 0.3) is 5.91 Å². The number of carbonyl (C=O) groups is 1. The predicted molar refractivity (Wildman–Crippen MR) is 83.2 cm³/mol. The van der Waals surface area contributed by atoms with E-state index >= 15 is 0 Å². The van der Waals surface area contributed by atoms with E-state index in [0.717, 1.165) is 11.1 Å². The van der Waals surface area contributed by atoms with Crippen molar-refractivity contribution in [2.45, 2.75) is 13.1 Å². The average Bonchev–Trinajstić information content (AvgIpc) is 3.03. The van der Waals surface area contributed by atoms with Gasteiger partial charge in [0, 0.05) is 6.54 Å². The first kappa shape index (κ1) is 14.0. The van der Waals surface area contributed by atoms with Crippen LogP contribution in [0.25, 0.3) is 0 Å². The zero-order chi connectivity index (χ0) is 15.2. The molecule has 0 spiro atoms. The van der Waals surface area contributed by atoms with E-state index in [1.807, 2.05) is 60.7 Å². The fraction of sp³-hybridized carbons (Fsp3) is 0.118. The molecule has 5 heteroatoms. The van der Waals surface area contributed by atoms with Crippen LogP contribution in [-0.2, 0) is 13.1 Å². The summed E-state index contributed by atoms with van der Waals surface area (Å²) in [4.78, 5) is 12.3. The summed E-state index contributed by atoms with van der Waals surface area (Å²) < 4.78 is 1.61. The molecule has 0 fully saturated rings. The molecule has 0 atom stereocenters. The van der Waals surface area contributed by atoms with Gasteiger partial charge >= 0.3 is 0 Å². The second-order valence-electron chi connectivity index (χ2n) is 4.93. The molecule has 3 rings (SSSR count). The third-order valence-electron chi connectivity index (χ3n) is 3.32. The normalized spacial score (nSPS) is 10.4. The third-order valence-corrected chi connectivity index (χ3v) is 3.32. The summed E-state index contributed by atoms with van der Waals surface area (Å²) in [6.07, 6.45) is 1.49. The van der Waals surface area contributed by atoms with E-state index in [1.54, 1.807) is 4.68 Å². The van der Waals surface area contributed by atoms with Crippen molar-refractivity contribution in [2.75, 3.05) is 0 Å². The highest BCUT2D eigenvalue weighted by Crippen LogP contribution is 2.05. The smallest absolute Gasteiger partial charge is 0.271 e. The van der Waals surface area contributed by atoms with Crippen LogP contribution in [0.4, 0.5) is 0 Å². The van der Waals surface area contributed by atoms with Gasteiger partial charge in [0.2, 0.25) is 0 Å². The maximum absolute atomic E-state index is 12.3. The summed E-state index contributed by atoms with van der Waals surface area (Å²) in [6.45, 7) is 1.01. The van der Waals surface area contributed by atoms with Crippen molar-refractivity contribution in [2.24, 2.45) is 0 Å². The van der Waals surface area contributed by atoms with E-state index in [0.29, 0.717) is 18.8 Å². The van der Waals surface area contributed by atoms with Crippen LogP contribution in [0, 0.1) is 0 Å². The van der Waals surface area contributed by atoms with Crippen LogP contribution < -0.4 is 5.32 Å². The number of amides is 1. The van der Waals surface area contributed by atoms with Crippen LogP contribution in [0.2, 0.25) is 0 Å². The Morgan fingerprint density at radius 1 is 0.955 bits per heavy atom. The van der Waals surface area contributed by atoms with Crippen molar-refractivity contribution >= 4 is 5.91 Å². The summed E-state index contributed by atoms with van der Waals surface area (Å²) in [5.74, 6) is -0.176. The molecular formula is C17H16N4O. The van der Waals surface area contributed by atoms with E-state index < -0.39 is 0 Å². The van der Waals surface area contributed by atoms with Crippen molar-refractivity contribution in [3.63, 3.8) is 0 Å². The predicted octanol–water partition coefficient (Wildman–Crippen LogP) is 2.26. The Morgan fingerprint density at radius 3 is 2.27 bits per heavy atom. The quantitative estimate of drug-likeness (QED) is 0.784. The van der Waals surface area contributed by atoms with E-state index in [1.165, 1.54) is 6.20 Å². The highest BCUT2D eigenvalue weighted by molar-refractivity contribution is 5.92. The Hall–Kier alpha value is -2.95. The second kappa shape index (κ2) is 6.67. The summed E-state index contributed by atoms with van der Waals surface area (Å²) in [7, 11) is 0. The molecule has 2 aromatic carbocycles. The summed E-state index contributed by atoms with van der Waals surface area (Å²) >= 11 is 0. The number of hydrogen-bond acceptors (Lipinski definition) is 3. The number of nitrogens with zero attached hydrogens (tertiary/aromatic N) is 3. The Bertz CT molecular complexity index is 738. The highest BCUT2D eigenvalue weighted by Gasteiger charge is 2.13. The van der Waals surface area contributed by atoms with Crippen LogP contribution in [0.5, 0.6) is 0 Å². The molecule has 3 aromatic rings. The molecule has 0 aliphatic heterocycles. The van der Waals surface area contributed by atoms with Gasteiger partial charge in [-0.2, -0.15) is 0 Å². The van der Waals surface area contributed by atoms with Crippen LogP contribution in [0.3, 0.4) is 0 Å². The van der Waals surface area contributed by atoms with Gasteiger partial charge in [-0.1, -0.05) is 65.9 Å². The summed E-state index contributed by atoms with van der Waals surface area (Å²) in [5.41, 5.74) is 2.59. The van der Waals surface area contributed by atoms with Crippen molar-refractivity contribution < 1.29 is 4.79 Å². The molecule has 1 amide bonds. The van der Waals surface area contributed by atoms with Gasteiger partial charge in [0.05, 0.1) is 12.7 Å². The molecule has 5 nitrogen and oxygen atoms in total. The van der Waals surface area contributed by atoms with Gasteiger partial charge in [-0.25, -0.2) is 4.68 Å². The average molecular weight is 292 g/mol. The minimum absolute atomic E-state index is 0.176. The summed E-state index contributed by atoms with van der Waals surface area (Å²) in [6, 6.07) is 19.6. The molecule has 0 unspecified atom stereocenters. The third kappa shape index (κ3) is 3.38. The number of nitrogens with one attached hydrogen (secondary N) is 1. The standard InChI is InChI=1S/C17H16N4O/c22-17(18-11-14-7-3-1-4-8-14)16-12-19-20-21(16)13-15-9-5-2-6-10-15/h1-10,12H,11,13H2,(H,18,22). The van der Waals surface area contributed by atoms with Gasteiger partial charge in [-0.05, 0) is 11.1 Å². The molecule has 0 radical (unpaired) electrons. The molecule has 0 saturated carbocycles. The Labute approximate surface area is 128 Å². The molecule has 0 aliphatic rings. The minimum atomic E-state index is -0.176. The zero-order valence-corrected chi connectivity index (χ0v) is 12.0. The SMILES string of the molecule is O=C(NCc1ccccc1)c1cnnn1Cc1ccccc1. The van der Waals surface area contributed by atoms with E-state index in [-0.39, 0.29) is 5.91 Å². The lowest BCUT2D eigenvalue weighted by atomic mass is 10.2. The van der Waals surface area contributed by atoms with Crippen LogP contribution in [-0.4, -0.2) is 20.9 Å². The lowest BCUT2D eigenvalue weighted by Gasteiger charge is -2.07. The van der Waals surface area contributed by atoms with E-state index in [2.05, 4.69) is 15.6 Å². The highest BCUT2D eigenvalue weighted by atomic mass is 16.2. The van der Waals surface area contributed by atoms with E-state index in [4.69, 9.17) is 0 Å². The van der Waals surface area contributed by atoms with Crippen LogP contribution >= 0.6 is 0 Å². The first-order valence-corrected chi connectivity index (χ1v) is 7.07. The first-order chi connectivity index (χ1) is 10.8. The molecule has 1 aromatic heterocycles. The van der Waals surface area contributed by atoms with Crippen molar-refractivity contribution in [3.8, 4) is 0 Å². The Kier molecular flexibility index (Phi) is 4.25. The van der Waals surface area contributed by atoms with Crippen molar-refractivity contribution in [1.29, 1.82) is 0 Å². The largest absolute Gasteiger partial charge is 0.347 e. The van der Waals surface area contributed by atoms with E-state index in [9.17, 15) is 4.79 Å². The molecule has 0 aliphatic carbocycles. The van der Waals surface area contributed by atoms with Crippen molar-refractivity contribution in [3.05, 3.63) is 83.7 Å². The maximum atomic E-state index is 12.3. The Balaban J connectivity index is 1.67. The van der Waals surface area contributed by atoms with Gasteiger partial charge in [0.1, 0.15) is 5.69 Å². The lowest BCUT2D eigenvalue weighted by Crippen LogP contribution is -2.26. The summed E-state index contributed by atoms with van der Waals surface area (Å²) in [5, 5.41) is 10.7. The monoisotopic (exact) mass is 292 g/mol. The number of benzene rings is 2. The number of aromatic nitrogens is 3. The van der Waals surface area contributed by atoms with Crippen molar-refractivity contribution in [1.82, 2.24) is 20.3 Å². The molecule has 110 valence electrons. The molecule has 1 N–H and O–H groups in total. The van der Waals surface area contributed by atoms with Gasteiger partial charge in [-0.3, -0.25) is 4.79 Å². The van der Waals surface area contributed by atoms with Gasteiger partial charge in [0.15, 0.2) is 0 Å². The molecule has 22 heavy (non-hydrogen) atoms.